The molecular formula is C15H13BrF2N2O3S. The molecule has 0 radical (unpaired) electrons. The first-order chi connectivity index (χ1) is 11.2. The molecule has 0 bridgehead atoms. The fourth-order valence-electron chi connectivity index (χ4n) is 1.80. The van der Waals surface area contributed by atoms with Gasteiger partial charge in [0.05, 0.1) is 16.6 Å². The van der Waals surface area contributed by atoms with Crippen LogP contribution in [0.3, 0.4) is 0 Å². The highest BCUT2D eigenvalue weighted by atomic mass is 79.9. The van der Waals surface area contributed by atoms with Crippen LogP contribution in [0.25, 0.3) is 0 Å². The average Bonchev–Trinajstić information content (AvgIpc) is 2.50. The SMILES string of the molecule is C[C@@H](NS(=O)(=O)c1ccc(Br)cc1)C(=O)Nc1ccc(F)cc1F. The largest absolute Gasteiger partial charge is 0.322 e. The lowest BCUT2D eigenvalue weighted by Gasteiger charge is -2.15. The highest BCUT2D eigenvalue weighted by Gasteiger charge is 2.22. The number of halogens is 3. The summed E-state index contributed by atoms with van der Waals surface area (Å²) in [7, 11) is -3.92. The van der Waals surface area contributed by atoms with Crippen molar-refractivity contribution < 1.29 is 22.0 Å². The molecule has 1 atom stereocenters. The minimum atomic E-state index is -3.92. The van der Waals surface area contributed by atoms with Crippen molar-refractivity contribution in [2.24, 2.45) is 0 Å². The fourth-order valence-corrected chi connectivity index (χ4v) is 3.27. The third-order valence-corrected chi connectivity index (χ3v) is 5.12. The second kappa shape index (κ2) is 7.37. The van der Waals surface area contributed by atoms with Crippen LogP contribution in [-0.4, -0.2) is 20.4 Å². The Morgan fingerprint density at radius 2 is 1.75 bits per heavy atom. The summed E-state index contributed by atoms with van der Waals surface area (Å²) < 4.78 is 53.6. The molecule has 2 aromatic rings. The van der Waals surface area contributed by atoms with Crippen LogP contribution in [0, 0.1) is 11.6 Å². The Morgan fingerprint density at radius 1 is 1.12 bits per heavy atom. The van der Waals surface area contributed by atoms with Crippen LogP contribution >= 0.6 is 15.9 Å². The zero-order valence-corrected chi connectivity index (χ0v) is 14.8. The molecule has 0 saturated carbocycles. The van der Waals surface area contributed by atoms with Gasteiger partial charge in [0, 0.05) is 10.5 Å². The minimum Gasteiger partial charge on any atom is -0.322 e. The van der Waals surface area contributed by atoms with E-state index in [1.165, 1.54) is 19.1 Å². The molecule has 9 heteroatoms. The van der Waals surface area contributed by atoms with Gasteiger partial charge in [-0.25, -0.2) is 17.2 Å². The van der Waals surface area contributed by atoms with Gasteiger partial charge in [0.15, 0.2) is 0 Å². The first-order valence-electron chi connectivity index (χ1n) is 6.73. The molecule has 0 fully saturated rings. The van der Waals surface area contributed by atoms with E-state index >= 15 is 0 Å². The van der Waals surface area contributed by atoms with E-state index in [0.717, 1.165) is 12.1 Å². The predicted molar refractivity (Wildman–Crippen MR) is 88.9 cm³/mol. The molecule has 1 amide bonds. The Bertz CT molecular complexity index is 858. The Morgan fingerprint density at radius 3 is 2.33 bits per heavy atom. The smallest absolute Gasteiger partial charge is 0.242 e. The minimum absolute atomic E-state index is 0.0155. The molecule has 2 aromatic carbocycles. The van der Waals surface area contributed by atoms with Crippen molar-refractivity contribution in [3.05, 3.63) is 58.6 Å². The van der Waals surface area contributed by atoms with Gasteiger partial charge in [-0.1, -0.05) is 15.9 Å². The maximum atomic E-state index is 13.5. The fraction of sp³-hybridized carbons (Fsp3) is 0.133. The van der Waals surface area contributed by atoms with E-state index in [2.05, 4.69) is 26.0 Å². The summed E-state index contributed by atoms with van der Waals surface area (Å²) in [6, 6.07) is 7.33. The summed E-state index contributed by atoms with van der Waals surface area (Å²) >= 11 is 3.19. The number of carbonyl (C=O) groups excluding carboxylic acids is 1. The van der Waals surface area contributed by atoms with Crippen molar-refractivity contribution in [1.82, 2.24) is 4.72 Å². The number of benzene rings is 2. The zero-order chi connectivity index (χ0) is 17.9. The molecule has 0 heterocycles. The van der Waals surface area contributed by atoms with Crippen LogP contribution in [0.4, 0.5) is 14.5 Å². The molecule has 5 nitrogen and oxygen atoms in total. The molecule has 2 N–H and O–H groups in total. The molecule has 0 aliphatic carbocycles. The number of hydrogen-bond donors (Lipinski definition) is 2. The summed E-state index contributed by atoms with van der Waals surface area (Å²) in [5.41, 5.74) is -0.240. The van der Waals surface area contributed by atoms with Crippen molar-refractivity contribution in [2.45, 2.75) is 17.9 Å². The summed E-state index contributed by atoms with van der Waals surface area (Å²) in [5.74, 6) is -2.51. The normalized spacial score (nSPS) is 12.7. The molecule has 0 aromatic heterocycles. The van der Waals surface area contributed by atoms with E-state index in [9.17, 15) is 22.0 Å². The Kier molecular flexibility index (Phi) is 5.68. The van der Waals surface area contributed by atoms with E-state index in [4.69, 9.17) is 0 Å². The van der Waals surface area contributed by atoms with Crippen molar-refractivity contribution in [1.29, 1.82) is 0 Å². The number of hydrogen-bond acceptors (Lipinski definition) is 3. The molecule has 0 spiro atoms. The monoisotopic (exact) mass is 418 g/mol. The Hall–Kier alpha value is -1.84. The summed E-state index contributed by atoms with van der Waals surface area (Å²) in [6.07, 6.45) is 0. The van der Waals surface area contributed by atoms with Crippen LogP contribution in [0.1, 0.15) is 6.92 Å². The van der Waals surface area contributed by atoms with E-state index in [1.54, 1.807) is 12.1 Å². The lowest BCUT2D eigenvalue weighted by atomic mass is 10.2. The van der Waals surface area contributed by atoms with Crippen LogP contribution in [0.2, 0.25) is 0 Å². The quantitative estimate of drug-likeness (QED) is 0.783. The highest BCUT2D eigenvalue weighted by molar-refractivity contribution is 9.10. The first kappa shape index (κ1) is 18.5. The van der Waals surface area contributed by atoms with Gasteiger partial charge in [0.2, 0.25) is 15.9 Å². The zero-order valence-electron chi connectivity index (χ0n) is 12.4. The molecular weight excluding hydrogens is 406 g/mol. The topological polar surface area (TPSA) is 75.3 Å². The molecule has 2 rings (SSSR count). The molecule has 0 saturated heterocycles. The van der Waals surface area contributed by atoms with Gasteiger partial charge in [0.25, 0.3) is 0 Å². The van der Waals surface area contributed by atoms with Crippen molar-refractivity contribution in [3.8, 4) is 0 Å². The van der Waals surface area contributed by atoms with Gasteiger partial charge >= 0.3 is 0 Å². The lowest BCUT2D eigenvalue weighted by molar-refractivity contribution is -0.117. The van der Waals surface area contributed by atoms with Gasteiger partial charge in [-0.3, -0.25) is 4.79 Å². The van der Waals surface area contributed by atoms with Gasteiger partial charge in [-0.2, -0.15) is 4.72 Å². The number of rotatable bonds is 5. The molecule has 0 aliphatic rings. The van der Waals surface area contributed by atoms with E-state index in [0.29, 0.717) is 10.5 Å². The maximum absolute atomic E-state index is 13.5. The maximum Gasteiger partial charge on any atom is 0.242 e. The number of amides is 1. The molecule has 24 heavy (non-hydrogen) atoms. The van der Waals surface area contributed by atoms with Crippen LogP contribution in [0.5, 0.6) is 0 Å². The van der Waals surface area contributed by atoms with E-state index in [-0.39, 0.29) is 10.6 Å². The number of carbonyl (C=O) groups is 1. The first-order valence-corrected chi connectivity index (χ1v) is 9.00. The van der Waals surface area contributed by atoms with Crippen LogP contribution in [0.15, 0.2) is 51.8 Å². The highest BCUT2D eigenvalue weighted by Crippen LogP contribution is 2.17. The van der Waals surface area contributed by atoms with Crippen molar-refractivity contribution in [2.75, 3.05) is 5.32 Å². The van der Waals surface area contributed by atoms with Gasteiger partial charge in [0.1, 0.15) is 11.6 Å². The standard InChI is InChI=1S/C15H13BrF2N2O3S/c1-9(15(21)19-14-7-4-11(17)8-13(14)18)20-24(22,23)12-5-2-10(16)3-6-12/h2-9,20H,1H3,(H,19,21)/t9-/m1/s1. The molecule has 128 valence electrons. The molecule has 0 unspecified atom stereocenters. The summed E-state index contributed by atoms with van der Waals surface area (Å²) in [6.45, 7) is 1.31. The number of nitrogens with one attached hydrogen (secondary N) is 2. The molecule has 0 aliphatic heterocycles. The lowest BCUT2D eigenvalue weighted by Crippen LogP contribution is -2.41. The van der Waals surface area contributed by atoms with Crippen LogP contribution < -0.4 is 10.0 Å². The summed E-state index contributed by atoms with van der Waals surface area (Å²) in [5, 5.41) is 2.21. The third-order valence-electron chi connectivity index (χ3n) is 3.04. The number of sulfonamides is 1. The van der Waals surface area contributed by atoms with Gasteiger partial charge < -0.3 is 5.32 Å². The Labute approximate surface area is 146 Å². The van der Waals surface area contributed by atoms with Crippen molar-refractivity contribution in [3.63, 3.8) is 0 Å². The van der Waals surface area contributed by atoms with Crippen LogP contribution in [-0.2, 0) is 14.8 Å². The van der Waals surface area contributed by atoms with Crippen molar-refractivity contribution >= 4 is 37.5 Å². The van der Waals surface area contributed by atoms with Gasteiger partial charge in [-0.05, 0) is 43.3 Å². The summed E-state index contributed by atoms with van der Waals surface area (Å²) in [4.78, 5) is 12.0. The third kappa shape index (κ3) is 4.59. The number of anilines is 1. The second-order valence-electron chi connectivity index (χ2n) is 4.91. The second-order valence-corrected chi connectivity index (χ2v) is 7.54. The predicted octanol–water partition coefficient (Wildman–Crippen LogP) is 3.03. The van der Waals surface area contributed by atoms with Gasteiger partial charge in [-0.15, -0.1) is 0 Å². The Balaban J connectivity index is 2.09. The van der Waals surface area contributed by atoms with E-state index < -0.39 is 33.6 Å². The van der Waals surface area contributed by atoms with E-state index in [1.807, 2.05) is 0 Å². The average molecular weight is 419 g/mol.